The highest BCUT2D eigenvalue weighted by Gasteiger charge is 2.22. The summed E-state index contributed by atoms with van der Waals surface area (Å²) in [5.41, 5.74) is 5.69. The van der Waals surface area contributed by atoms with Gasteiger partial charge in [-0.1, -0.05) is 6.08 Å². The maximum absolute atomic E-state index is 5.69. The van der Waals surface area contributed by atoms with E-state index in [1.165, 1.54) is 0 Å². The Kier molecular flexibility index (Phi) is 2.25. The van der Waals surface area contributed by atoms with E-state index in [2.05, 4.69) is 6.58 Å². The quantitative estimate of drug-likeness (QED) is 0.549. The molecule has 0 aromatic heterocycles. The largest absolute Gasteiger partial charge is 0.379 e. The molecule has 2 heteroatoms. The topological polar surface area (TPSA) is 35.2 Å². The molecular weight excluding hydrogens is 114 g/mol. The van der Waals surface area contributed by atoms with Crippen LogP contribution in [0.3, 0.4) is 0 Å². The lowest BCUT2D eigenvalue weighted by atomic mass is 10.0. The summed E-state index contributed by atoms with van der Waals surface area (Å²) in [6, 6.07) is 0.239. The molecule has 1 rings (SSSR count). The normalized spacial score (nSPS) is 34.8. The van der Waals surface area contributed by atoms with Gasteiger partial charge in [0.15, 0.2) is 0 Å². The molecule has 0 aliphatic carbocycles. The van der Waals surface area contributed by atoms with Crippen LogP contribution >= 0.6 is 0 Å². The first-order valence-electron chi connectivity index (χ1n) is 3.29. The first kappa shape index (κ1) is 6.78. The van der Waals surface area contributed by atoms with E-state index in [1.54, 1.807) is 0 Å². The average Bonchev–Trinajstić information content (AvgIpc) is 2.18. The molecule has 0 unspecified atom stereocenters. The van der Waals surface area contributed by atoms with E-state index in [9.17, 15) is 0 Å². The molecule has 1 fully saturated rings. The summed E-state index contributed by atoms with van der Waals surface area (Å²) in [4.78, 5) is 0. The van der Waals surface area contributed by atoms with Crippen molar-refractivity contribution in [2.45, 2.75) is 12.5 Å². The predicted octanol–water partition coefficient (Wildman–Crippen LogP) is 0.536. The lowest BCUT2D eigenvalue weighted by molar-refractivity contribution is 0.184. The number of ether oxygens (including phenoxy) is 1. The molecule has 2 nitrogen and oxygen atoms in total. The van der Waals surface area contributed by atoms with Crippen LogP contribution < -0.4 is 5.73 Å². The zero-order valence-electron chi connectivity index (χ0n) is 5.55. The average molecular weight is 127 g/mol. The van der Waals surface area contributed by atoms with Crippen molar-refractivity contribution in [2.75, 3.05) is 13.2 Å². The molecular formula is C7H13NO. The summed E-state index contributed by atoms with van der Waals surface area (Å²) in [7, 11) is 0. The molecule has 1 heterocycles. The summed E-state index contributed by atoms with van der Waals surface area (Å²) in [5.74, 6) is 0.516. The Hall–Kier alpha value is -0.340. The van der Waals surface area contributed by atoms with Crippen LogP contribution in [0.5, 0.6) is 0 Å². The Labute approximate surface area is 55.7 Å². The van der Waals surface area contributed by atoms with Crippen LogP contribution in [0.2, 0.25) is 0 Å². The molecule has 52 valence electrons. The van der Waals surface area contributed by atoms with Gasteiger partial charge in [0.2, 0.25) is 0 Å². The second kappa shape index (κ2) is 2.99. The molecule has 1 aliphatic heterocycles. The van der Waals surface area contributed by atoms with E-state index in [0.29, 0.717) is 5.92 Å². The highest BCUT2D eigenvalue weighted by atomic mass is 16.5. The van der Waals surface area contributed by atoms with Crippen molar-refractivity contribution in [3.63, 3.8) is 0 Å². The molecule has 1 saturated heterocycles. The Morgan fingerprint density at radius 2 is 2.44 bits per heavy atom. The second-order valence-electron chi connectivity index (χ2n) is 2.49. The molecule has 0 spiro atoms. The smallest absolute Gasteiger partial charge is 0.0621 e. The van der Waals surface area contributed by atoms with Gasteiger partial charge >= 0.3 is 0 Å². The number of hydrogen-bond donors (Lipinski definition) is 1. The van der Waals surface area contributed by atoms with Crippen molar-refractivity contribution < 1.29 is 4.74 Å². The van der Waals surface area contributed by atoms with Crippen LogP contribution in [0.15, 0.2) is 12.7 Å². The van der Waals surface area contributed by atoms with Crippen LogP contribution in [0.1, 0.15) is 6.42 Å². The van der Waals surface area contributed by atoms with Crippen LogP contribution in [-0.2, 0) is 4.74 Å². The summed E-state index contributed by atoms with van der Waals surface area (Å²) >= 11 is 0. The molecule has 0 amide bonds. The van der Waals surface area contributed by atoms with Crippen LogP contribution in [0.25, 0.3) is 0 Å². The first-order chi connectivity index (χ1) is 4.34. The van der Waals surface area contributed by atoms with Gasteiger partial charge in [-0.15, -0.1) is 6.58 Å². The molecule has 0 aromatic carbocycles. The van der Waals surface area contributed by atoms with Crippen molar-refractivity contribution in [3.8, 4) is 0 Å². The van der Waals surface area contributed by atoms with Crippen molar-refractivity contribution in [2.24, 2.45) is 11.7 Å². The molecule has 0 bridgehead atoms. The maximum Gasteiger partial charge on any atom is 0.0621 e. The minimum absolute atomic E-state index is 0.239. The molecule has 0 aromatic rings. The number of nitrogens with two attached hydrogens (primary N) is 1. The van der Waals surface area contributed by atoms with Gasteiger partial charge in [0, 0.05) is 12.0 Å². The monoisotopic (exact) mass is 127 g/mol. The van der Waals surface area contributed by atoms with E-state index in [0.717, 1.165) is 19.6 Å². The summed E-state index contributed by atoms with van der Waals surface area (Å²) in [5, 5.41) is 0. The van der Waals surface area contributed by atoms with Crippen LogP contribution in [0.4, 0.5) is 0 Å². The van der Waals surface area contributed by atoms with E-state index >= 15 is 0 Å². The van der Waals surface area contributed by atoms with Gasteiger partial charge in [-0.05, 0) is 6.42 Å². The van der Waals surface area contributed by atoms with Crippen molar-refractivity contribution in [1.29, 1.82) is 0 Å². The zero-order valence-corrected chi connectivity index (χ0v) is 5.55. The molecule has 2 atom stereocenters. The fraction of sp³-hybridized carbons (Fsp3) is 0.714. The van der Waals surface area contributed by atoms with Gasteiger partial charge in [0.25, 0.3) is 0 Å². The van der Waals surface area contributed by atoms with Crippen molar-refractivity contribution in [1.82, 2.24) is 0 Å². The minimum atomic E-state index is 0.239. The zero-order chi connectivity index (χ0) is 6.69. The number of hydrogen-bond acceptors (Lipinski definition) is 2. The standard InChI is InChI=1S/C7H13NO/c1-2-3-6-4-9-5-7(6)8/h2,6-7H,1,3-5,8H2/t6-,7-/m1/s1. The van der Waals surface area contributed by atoms with Gasteiger partial charge in [-0.25, -0.2) is 0 Å². The Morgan fingerprint density at radius 1 is 1.67 bits per heavy atom. The van der Waals surface area contributed by atoms with Crippen molar-refractivity contribution >= 4 is 0 Å². The van der Waals surface area contributed by atoms with E-state index < -0.39 is 0 Å². The SMILES string of the molecule is C=CC[C@@H]1COC[C@H]1N. The van der Waals surface area contributed by atoms with Crippen molar-refractivity contribution in [3.05, 3.63) is 12.7 Å². The van der Waals surface area contributed by atoms with E-state index in [-0.39, 0.29) is 6.04 Å². The maximum atomic E-state index is 5.69. The van der Waals surface area contributed by atoms with E-state index in [4.69, 9.17) is 10.5 Å². The Bertz CT molecular complexity index is 103. The molecule has 1 aliphatic rings. The lowest BCUT2D eigenvalue weighted by Gasteiger charge is -2.08. The van der Waals surface area contributed by atoms with Gasteiger partial charge < -0.3 is 10.5 Å². The third kappa shape index (κ3) is 1.53. The summed E-state index contributed by atoms with van der Waals surface area (Å²) < 4.78 is 5.15. The molecule has 2 N–H and O–H groups in total. The summed E-state index contributed by atoms with van der Waals surface area (Å²) in [6.45, 7) is 5.18. The van der Waals surface area contributed by atoms with Gasteiger partial charge in [0.05, 0.1) is 13.2 Å². The molecule has 9 heavy (non-hydrogen) atoms. The van der Waals surface area contributed by atoms with Gasteiger partial charge in [0.1, 0.15) is 0 Å². The molecule has 0 saturated carbocycles. The highest BCUT2D eigenvalue weighted by Crippen LogP contribution is 2.15. The molecule has 0 radical (unpaired) electrons. The first-order valence-corrected chi connectivity index (χ1v) is 3.29. The number of rotatable bonds is 2. The highest BCUT2D eigenvalue weighted by molar-refractivity contribution is 4.83. The van der Waals surface area contributed by atoms with Gasteiger partial charge in [-0.3, -0.25) is 0 Å². The lowest BCUT2D eigenvalue weighted by Crippen LogP contribution is -2.27. The fourth-order valence-electron chi connectivity index (χ4n) is 1.07. The Balaban J connectivity index is 2.30. The fourth-order valence-corrected chi connectivity index (χ4v) is 1.07. The summed E-state index contributed by atoms with van der Waals surface area (Å²) in [6.07, 6.45) is 2.89. The third-order valence-corrected chi connectivity index (χ3v) is 1.72. The van der Waals surface area contributed by atoms with Crippen LogP contribution in [-0.4, -0.2) is 19.3 Å². The predicted molar refractivity (Wildman–Crippen MR) is 37.1 cm³/mol. The van der Waals surface area contributed by atoms with E-state index in [1.807, 2.05) is 6.08 Å². The van der Waals surface area contributed by atoms with Crippen LogP contribution in [0, 0.1) is 5.92 Å². The Morgan fingerprint density at radius 3 is 2.89 bits per heavy atom. The number of allylic oxidation sites excluding steroid dienone is 1. The van der Waals surface area contributed by atoms with Gasteiger partial charge in [-0.2, -0.15) is 0 Å². The third-order valence-electron chi connectivity index (χ3n) is 1.72. The second-order valence-corrected chi connectivity index (χ2v) is 2.49. The minimum Gasteiger partial charge on any atom is -0.379 e.